The Morgan fingerprint density at radius 2 is 1.96 bits per heavy atom. The number of nitrogens with zero attached hydrogens (tertiary/aromatic N) is 1. The van der Waals surface area contributed by atoms with Crippen LogP contribution in [0.25, 0.3) is 0 Å². The fourth-order valence-corrected chi connectivity index (χ4v) is 4.31. The van der Waals surface area contributed by atoms with E-state index >= 15 is 0 Å². The quantitative estimate of drug-likeness (QED) is 0.649. The summed E-state index contributed by atoms with van der Waals surface area (Å²) in [7, 11) is 1.35. The Balaban J connectivity index is 1.87. The van der Waals surface area contributed by atoms with Crippen molar-refractivity contribution < 1.29 is 23.8 Å². The van der Waals surface area contributed by atoms with Crippen molar-refractivity contribution in [3.63, 3.8) is 0 Å². The van der Waals surface area contributed by atoms with Crippen LogP contribution in [0, 0.1) is 12.8 Å². The maximum Gasteiger partial charge on any atom is 0.338 e. The van der Waals surface area contributed by atoms with Crippen LogP contribution in [0.3, 0.4) is 0 Å². The van der Waals surface area contributed by atoms with E-state index < -0.39 is 11.8 Å². The Morgan fingerprint density at radius 1 is 1.33 bits per heavy atom. The van der Waals surface area contributed by atoms with Crippen molar-refractivity contribution in [3.8, 4) is 11.5 Å². The molecule has 1 aromatic rings. The van der Waals surface area contributed by atoms with Crippen LogP contribution in [0.2, 0.25) is 0 Å². The summed E-state index contributed by atoms with van der Waals surface area (Å²) in [5.74, 6) is -0.268. The van der Waals surface area contributed by atoms with Crippen molar-refractivity contribution in [1.82, 2.24) is 4.90 Å². The summed E-state index contributed by atoms with van der Waals surface area (Å²) in [4.78, 5) is 26.6. The van der Waals surface area contributed by atoms with Crippen molar-refractivity contribution in [3.05, 3.63) is 21.7 Å². The first kappa shape index (κ1) is 20.0. The third-order valence-corrected chi connectivity index (χ3v) is 6.02. The Hall–Kier alpha value is -1.76. The molecule has 6 nitrogen and oxygen atoms in total. The molecular formula is C20H26BrNO5. The fraction of sp³-hybridized carbons (Fsp3) is 0.600. The van der Waals surface area contributed by atoms with Gasteiger partial charge in [0, 0.05) is 36.9 Å². The van der Waals surface area contributed by atoms with E-state index in [0.29, 0.717) is 40.1 Å². The van der Waals surface area contributed by atoms with Crippen LogP contribution in [0.15, 0.2) is 10.5 Å². The first-order valence-corrected chi connectivity index (χ1v) is 9.87. The highest BCUT2D eigenvalue weighted by molar-refractivity contribution is 9.10. The van der Waals surface area contributed by atoms with Gasteiger partial charge in [-0.25, -0.2) is 4.79 Å². The van der Waals surface area contributed by atoms with Crippen molar-refractivity contribution in [2.75, 3.05) is 13.7 Å². The normalized spacial score (nSPS) is 24.9. The number of methoxy groups -OCH3 is 1. The van der Waals surface area contributed by atoms with Gasteiger partial charge in [-0.05, 0) is 56.1 Å². The minimum Gasteiger partial charge on any atom is -0.465 e. The monoisotopic (exact) mass is 439 g/mol. The molecule has 0 N–H and O–H groups in total. The molecule has 0 spiro atoms. The van der Waals surface area contributed by atoms with Crippen LogP contribution in [-0.4, -0.2) is 41.8 Å². The molecule has 1 aromatic carbocycles. The Kier molecular flexibility index (Phi) is 4.95. The fourth-order valence-electron chi connectivity index (χ4n) is 3.82. The second kappa shape index (κ2) is 6.69. The second-order valence-electron chi connectivity index (χ2n) is 8.31. The summed E-state index contributed by atoms with van der Waals surface area (Å²) in [6.07, 6.45) is 1.15. The average molecular weight is 440 g/mol. The van der Waals surface area contributed by atoms with Gasteiger partial charge in [0.05, 0.1) is 17.1 Å². The highest BCUT2D eigenvalue weighted by Crippen LogP contribution is 2.51. The molecule has 1 saturated heterocycles. The predicted octanol–water partition coefficient (Wildman–Crippen LogP) is 4.07. The lowest BCUT2D eigenvalue weighted by molar-refractivity contribution is -0.158. The number of hydrogen-bond acceptors (Lipinski definition) is 5. The summed E-state index contributed by atoms with van der Waals surface area (Å²) < 4.78 is 17.9. The number of carbonyl (C=O) groups excluding carboxylic acids is 2. The van der Waals surface area contributed by atoms with E-state index in [0.717, 1.165) is 6.42 Å². The molecule has 27 heavy (non-hydrogen) atoms. The van der Waals surface area contributed by atoms with E-state index in [4.69, 9.17) is 14.2 Å². The van der Waals surface area contributed by atoms with Crippen LogP contribution in [0.1, 0.15) is 56.5 Å². The number of amides is 1. The number of fused-ring (bicyclic) bond motifs is 1. The first-order valence-electron chi connectivity index (χ1n) is 9.08. The molecule has 0 radical (unpaired) electrons. The third kappa shape index (κ3) is 3.42. The number of benzene rings is 1. The van der Waals surface area contributed by atoms with Crippen molar-refractivity contribution >= 4 is 27.8 Å². The molecule has 1 fully saturated rings. The van der Waals surface area contributed by atoms with E-state index in [1.54, 1.807) is 13.0 Å². The summed E-state index contributed by atoms with van der Waals surface area (Å²) in [6.45, 7) is 10.5. The smallest absolute Gasteiger partial charge is 0.338 e. The first-order chi connectivity index (χ1) is 12.5. The van der Waals surface area contributed by atoms with Crippen LogP contribution in [0.4, 0.5) is 0 Å². The number of esters is 1. The van der Waals surface area contributed by atoms with Crippen molar-refractivity contribution in [1.29, 1.82) is 0 Å². The summed E-state index contributed by atoms with van der Waals surface area (Å²) in [5, 5.41) is 0. The maximum absolute atomic E-state index is 12.7. The molecule has 1 unspecified atom stereocenters. The predicted molar refractivity (Wildman–Crippen MR) is 104 cm³/mol. The van der Waals surface area contributed by atoms with Gasteiger partial charge in [-0.2, -0.15) is 0 Å². The van der Waals surface area contributed by atoms with Crippen LogP contribution in [-0.2, 0) is 9.53 Å². The minimum atomic E-state index is -0.954. The Bertz CT molecular complexity index is 801. The zero-order chi connectivity index (χ0) is 20.1. The standard InChI is InChI=1S/C20H26BrNO5/c1-11-13(18(24)25-6)10-14(21)17-16(11)26-20(5,27-17)12-7-8-22(15(23)9-12)19(2,3)4/h10,12H,7-9H2,1-6H3/t12-,20?/m0/s1. The number of piperidine rings is 1. The highest BCUT2D eigenvalue weighted by Gasteiger charge is 2.49. The SMILES string of the molecule is COC(=O)c1cc(Br)c2c(c1C)OC(C)([C@H]1CCN(C(C)(C)C)C(=O)C1)O2. The molecule has 0 saturated carbocycles. The Morgan fingerprint density at radius 3 is 2.52 bits per heavy atom. The molecular weight excluding hydrogens is 414 g/mol. The van der Waals surface area contributed by atoms with E-state index in [9.17, 15) is 9.59 Å². The number of carbonyl (C=O) groups is 2. The van der Waals surface area contributed by atoms with Gasteiger partial charge in [-0.15, -0.1) is 0 Å². The molecule has 7 heteroatoms. The van der Waals surface area contributed by atoms with Gasteiger partial charge >= 0.3 is 5.97 Å². The number of ether oxygens (including phenoxy) is 3. The zero-order valence-corrected chi connectivity index (χ0v) is 18.2. The van der Waals surface area contributed by atoms with Crippen molar-refractivity contribution in [2.24, 2.45) is 5.92 Å². The number of rotatable bonds is 2. The van der Waals surface area contributed by atoms with Gasteiger partial charge in [-0.1, -0.05) is 0 Å². The molecule has 3 rings (SSSR count). The average Bonchev–Trinajstić information content (AvgIpc) is 2.96. The molecule has 2 heterocycles. The van der Waals surface area contributed by atoms with Gasteiger partial charge in [0.2, 0.25) is 5.91 Å². The lowest BCUT2D eigenvalue weighted by Crippen LogP contribution is -2.55. The van der Waals surface area contributed by atoms with Gasteiger partial charge in [0.25, 0.3) is 5.79 Å². The van der Waals surface area contributed by atoms with Crippen LogP contribution >= 0.6 is 15.9 Å². The van der Waals surface area contributed by atoms with E-state index in [2.05, 4.69) is 15.9 Å². The number of halogens is 1. The molecule has 0 aliphatic carbocycles. The third-order valence-electron chi connectivity index (χ3n) is 5.43. The van der Waals surface area contributed by atoms with E-state index in [-0.39, 0.29) is 17.4 Å². The van der Waals surface area contributed by atoms with E-state index in [1.165, 1.54) is 7.11 Å². The molecule has 2 atom stereocenters. The lowest BCUT2D eigenvalue weighted by atomic mass is 9.86. The largest absolute Gasteiger partial charge is 0.465 e. The number of hydrogen-bond donors (Lipinski definition) is 0. The van der Waals surface area contributed by atoms with E-state index in [1.807, 2.05) is 32.6 Å². The molecule has 0 bridgehead atoms. The van der Waals surface area contributed by atoms with Crippen LogP contribution < -0.4 is 9.47 Å². The topological polar surface area (TPSA) is 65.1 Å². The minimum absolute atomic E-state index is 0.0797. The van der Waals surface area contributed by atoms with Crippen molar-refractivity contribution in [2.45, 2.75) is 58.8 Å². The van der Waals surface area contributed by atoms with Gasteiger partial charge in [-0.3, -0.25) is 4.79 Å². The molecule has 2 aliphatic rings. The van der Waals surface area contributed by atoms with Crippen LogP contribution in [0.5, 0.6) is 11.5 Å². The lowest BCUT2D eigenvalue weighted by Gasteiger charge is -2.43. The van der Waals surface area contributed by atoms with Gasteiger partial charge in [0.15, 0.2) is 11.5 Å². The highest BCUT2D eigenvalue weighted by atomic mass is 79.9. The summed E-state index contributed by atoms with van der Waals surface area (Å²) in [6, 6.07) is 1.68. The van der Waals surface area contributed by atoms with Gasteiger partial charge < -0.3 is 19.1 Å². The summed E-state index contributed by atoms with van der Waals surface area (Å²) >= 11 is 3.47. The molecule has 0 aromatic heterocycles. The zero-order valence-electron chi connectivity index (χ0n) is 16.6. The number of likely N-dealkylation sites (tertiary alicyclic amines) is 1. The molecule has 148 valence electrons. The maximum atomic E-state index is 12.7. The molecule has 2 aliphatic heterocycles. The second-order valence-corrected chi connectivity index (χ2v) is 9.16. The summed E-state index contributed by atoms with van der Waals surface area (Å²) in [5.41, 5.74) is 0.898. The van der Waals surface area contributed by atoms with Gasteiger partial charge in [0.1, 0.15) is 0 Å². The molecule has 1 amide bonds. The Labute approximate surface area is 168 Å².